The molecule has 1 aromatic carbocycles. The van der Waals surface area contributed by atoms with E-state index in [0.29, 0.717) is 5.56 Å². The summed E-state index contributed by atoms with van der Waals surface area (Å²) in [4.78, 5) is 23.7. The molecule has 1 unspecified atom stereocenters. The van der Waals surface area contributed by atoms with Crippen LogP contribution in [0.5, 0.6) is 0 Å². The number of ether oxygens (including phenoxy) is 1. The quantitative estimate of drug-likeness (QED) is 0.790. The summed E-state index contributed by atoms with van der Waals surface area (Å²) >= 11 is 1.47. The Morgan fingerprint density at radius 1 is 1.50 bits per heavy atom. The van der Waals surface area contributed by atoms with Crippen LogP contribution < -0.4 is 5.32 Å². The van der Waals surface area contributed by atoms with Crippen molar-refractivity contribution < 1.29 is 14.3 Å². The van der Waals surface area contributed by atoms with Crippen LogP contribution in [0.4, 0.5) is 0 Å². The molecule has 16 heavy (non-hydrogen) atoms. The Morgan fingerprint density at radius 3 is 3.00 bits per heavy atom. The van der Waals surface area contributed by atoms with E-state index in [4.69, 9.17) is 0 Å². The van der Waals surface area contributed by atoms with Crippen LogP contribution in [0.2, 0.25) is 0 Å². The van der Waals surface area contributed by atoms with Crippen molar-refractivity contribution in [1.29, 1.82) is 0 Å². The van der Waals surface area contributed by atoms with E-state index < -0.39 is 0 Å². The smallest absolute Gasteiger partial charge is 0.308 e. The Bertz CT molecular complexity index is 433. The topological polar surface area (TPSA) is 55.4 Å². The minimum atomic E-state index is -0.322. The summed E-state index contributed by atoms with van der Waals surface area (Å²) in [6.07, 6.45) is 0.182. The van der Waals surface area contributed by atoms with Crippen LogP contribution in [0, 0.1) is 0 Å². The summed E-state index contributed by atoms with van der Waals surface area (Å²) in [6, 6.07) is 7.34. The summed E-state index contributed by atoms with van der Waals surface area (Å²) in [5.74, 6) is -0.458. The standard InChI is InChI=1S/C11H11NO3S/c1-15-10(13)6-9-12-11(14)7-4-2-3-5-8(7)16-9/h2-5,9H,6H2,1H3,(H,12,14). The number of esters is 1. The third-order valence-corrected chi connectivity index (χ3v) is 3.45. The first-order valence-electron chi connectivity index (χ1n) is 4.84. The molecule has 0 bridgehead atoms. The molecule has 5 heteroatoms. The van der Waals surface area contributed by atoms with Crippen molar-refractivity contribution >= 4 is 23.6 Å². The third-order valence-electron chi connectivity index (χ3n) is 2.27. The van der Waals surface area contributed by atoms with E-state index in [0.717, 1.165) is 4.90 Å². The molecule has 1 aromatic rings. The lowest BCUT2D eigenvalue weighted by Gasteiger charge is -2.23. The number of fused-ring (bicyclic) bond motifs is 1. The van der Waals surface area contributed by atoms with Gasteiger partial charge in [-0.05, 0) is 12.1 Å². The zero-order chi connectivity index (χ0) is 11.5. The van der Waals surface area contributed by atoms with E-state index in [1.165, 1.54) is 18.9 Å². The molecule has 2 rings (SSSR count). The monoisotopic (exact) mass is 237 g/mol. The van der Waals surface area contributed by atoms with Crippen LogP contribution in [0.25, 0.3) is 0 Å². The van der Waals surface area contributed by atoms with Crippen molar-refractivity contribution in [3.05, 3.63) is 29.8 Å². The van der Waals surface area contributed by atoms with Crippen LogP contribution in [0.3, 0.4) is 0 Å². The van der Waals surface area contributed by atoms with Gasteiger partial charge in [0, 0.05) is 4.90 Å². The van der Waals surface area contributed by atoms with Gasteiger partial charge in [0.1, 0.15) is 0 Å². The second-order valence-corrected chi connectivity index (χ2v) is 4.60. The number of thioether (sulfide) groups is 1. The van der Waals surface area contributed by atoms with Crippen molar-refractivity contribution in [1.82, 2.24) is 5.32 Å². The van der Waals surface area contributed by atoms with Crippen LogP contribution >= 0.6 is 11.8 Å². The lowest BCUT2D eigenvalue weighted by molar-refractivity contribution is -0.140. The number of carbonyl (C=O) groups excluding carboxylic acids is 2. The van der Waals surface area contributed by atoms with Gasteiger partial charge in [0.05, 0.1) is 24.5 Å². The summed E-state index contributed by atoms with van der Waals surface area (Å²) in [5, 5.41) is 2.52. The van der Waals surface area contributed by atoms with Crippen LogP contribution in [-0.2, 0) is 9.53 Å². The Kier molecular flexibility index (Phi) is 3.14. The highest BCUT2D eigenvalue weighted by Crippen LogP contribution is 2.31. The highest BCUT2D eigenvalue weighted by atomic mass is 32.2. The van der Waals surface area contributed by atoms with Gasteiger partial charge in [-0.3, -0.25) is 9.59 Å². The lowest BCUT2D eigenvalue weighted by Crippen LogP contribution is -2.37. The van der Waals surface area contributed by atoms with Crippen molar-refractivity contribution in [2.75, 3.05) is 7.11 Å². The molecule has 1 amide bonds. The van der Waals surface area contributed by atoms with Gasteiger partial charge in [-0.1, -0.05) is 23.9 Å². The second-order valence-electron chi connectivity index (χ2n) is 3.36. The fourth-order valence-corrected chi connectivity index (χ4v) is 2.63. The molecule has 0 aromatic heterocycles. The van der Waals surface area contributed by atoms with Gasteiger partial charge >= 0.3 is 5.97 Å². The molecule has 4 nitrogen and oxygen atoms in total. The predicted molar refractivity (Wildman–Crippen MR) is 60.2 cm³/mol. The van der Waals surface area contributed by atoms with E-state index in [9.17, 15) is 9.59 Å². The first kappa shape index (κ1) is 11.0. The highest BCUT2D eigenvalue weighted by molar-refractivity contribution is 8.00. The Balaban J connectivity index is 2.15. The first-order valence-corrected chi connectivity index (χ1v) is 5.72. The number of amides is 1. The maximum Gasteiger partial charge on any atom is 0.308 e. The summed E-state index contributed by atoms with van der Waals surface area (Å²) in [5.41, 5.74) is 0.661. The van der Waals surface area contributed by atoms with Gasteiger partial charge in [-0.15, -0.1) is 0 Å². The molecule has 0 fully saturated rings. The van der Waals surface area contributed by atoms with Crippen molar-refractivity contribution in [2.45, 2.75) is 16.7 Å². The molecular weight excluding hydrogens is 226 g/mol. The largest absolute Gasteiger partial charge is 0.469 e. The number of hydrogen-bond acceptors (Lipinski definition) is 4. The minimum absolute atomic E-state index is 0.136. The second kappa shape index (κ2) is 4.57. The van der Waals surface area contributed by atoms with Gasteiger partial charge in [-0.2, -0.15) is 0 Å². The summed E-state index contributed by atoms with van der Waals surface area (Å²) in [6.45, 7) is 0. The normalized spacial score (nSPS) is 18.6. The SMILES string of the molecule is COC(=O)CC1NC(=O)c2ccccc2S1. The van der Waals surface area contributed by atoms with Crippen molar-refractivity contribution in [3.63, 3.8) is 0 Å². The molecule has 0 aliphatic carbocycles. The van der Waals surface area contributed by atoms with Gasteiger partial charge < -0.3 is 10.1 Å². The fourth-order valence-electron chi connectivity index (χ4n) is 1.49. The number of hydrogen-bond donors (Lipinski definition) is 1. The van der Waals surface area contributed by atoms with Gasteiger partial charge in [-0.25, -0.2) is 0 Å². The highest BCUT2D eigenvalue weighted by Gasteiger charge is 2.26. The number of methoxy groups -OCH3 is 1. The molecule has 1 atom stereocenters. The third kappa shape index (κ3) is 2.19. The number of rotatable bonds is 2. The zero-order valence-electron chi connectivity index (χ0n) is 8.73. The number of benzene rings is 1. The van der Waals surface area contributed by atoms with Crippen LogP contribution in [0.1, 0.15) is 16.8 Å². The van der Waals surface area contributed by atoms with E-state index in [-0.39, 0.29) is 23.7 Å². The maximum atomic E-state index is 11.7. The molecule has 0 radical (unpaired) electrons. The molecule has 0 saturated heterocycles. The van der Waals surface area contributed by atoms with Crippen LogP contribution in [0.15, 0.2) is 29.2 Å². The Hall–Kier alpha value is -1.49. The van der Waals surface area contributed by atoms with E-state index in [1.54, 1.807) is 6.07 Å². The van der Waals surface area contributed by atoms with E-state index in [1.807, 2.05) is 18.2 Å². The predicted octanol–water partition coefficient (Wildman–Crippen LogP) is 1.41. The minimum Gasteiger partial charge on any atom is -0.469 e. The fraction of sp³-hybridized carbons (Fsp3) is 0.273. The molecular formula is C11H11NO3S. The molecule has 0 spiro atoms. The first-order chi connectivity index (χ1) is 7.70. The molecule has 1 aliphatic heterocycles. The molecule has 1 aliphatic rings. The van der Waals surface area contributed by atoms with Gasteiger partial charge in [0.15, 0.2) is 0 Å². The maximum absolute atomic E-state index is 11.7. The number of carbonyl (C=O) groups is 2. The van der Waals surface area contributed by atoms with E-state index in [2.05, 4.69) is 10.1 Å². The Morgan fingerprint density at radius 2 is 2.25 bits per heavy atom. The van der Waals surface area contributed by atoms with Gasteiger partial charge in [0.25, 0.3) is 5.91 Å². The summed E-state index contributed by atoms with van der Waals surface area (Å²) < 4.78 is 4.57. The summed E-state index contributed by atoms with van der Waals surface area (Å²) in [7, 11) is 1.34. The van der Waals surface area contributed by atoms with Crippen molar-refractivity contribution in [3.8, 4) is 0 Å². The Labute approximate surface area is 97.4 Å². The molecule has 84 valence electrons. The number of nitrogens with one attached hydrogen (secondary N) is 1. The molecule has 1 heterocycles. The van der Waals surface area contributed by atoms with Gasteiger partial charge in [0.2, 0.25) is 0 Å². The van der Waals surface area contributed by atoms with E-state index >= 15 is 0 Å². The van der Waals surface area contributed by atoms with Crippen molar-refractivity contribution in [2.24, 2.45) is 0 Å². The zero-order valence-corrected chi connectivity index (χ0v) is 9.54. The lowest BCUT2D eigenvalue weighted by atomic mass is 10.2. The van der Waals surface area contributed by atoms with Crippen LogP contribution in [-0.4, -0.2) is 24.4 Å². The molecule has 1 N–H and O–H groups in total. The molecule has 0 saturated carbocycles. The average molecular weight is 237 g/mol. The average Bonchev–Trinajstić information content (AvgIpc) is 2.29.